The summed E-state index contributed by atoms with van der Waals surface area (Å²) >= 11 is 0. The smallest absolute Gasteiger partial charge is 0.273 e. The number of nitrogens with zero attached hydrogens (tertiary/aromatic N) is 2. The molecule has 2 aromatic carbocycles. The number of aromatic hydroxyl groups is 1. The number of rotatable bonds is 7. The molecule has 32 heavy (non-hydrogen) atoms. The Kier molecular flexibility index (Phi) is 5.80. The van der Waals surface area contributed by atoms with Gasteiger partial charge in [-0.1, -0.05) is 12.1 Å². The van der Waals surface area contributed by atoms with Crippen LogP contribution in [0.5, 0.6) is 17.2 Å². The molecule has 1 amide bonds. The van der Waals surface area contributed by atoms with Crippen molar-refractivity contribution in [3.05, 3.63) is 58.3 Å². The van der Waals surface area contributed by atoms with Crippen LogP contribution in [-0.2, 0) is 0 Å². The normalized spacial score (nSPS) is 15.2. The lowest BCUT2D eigenvalue weighted by Gasteiger charge is -2.27. The molecule has 0 bridgehead atoms. The van der Waals surface area contributed by atoms with Gasteiger partial charge in [0.05, 0.1) is 20.3 Å². The molecule has 0 aliphatic carbocycles. The van der Waals surface area contributed by atoms with Crippen LogP contribution in [0.1, 0.15) is 45.2 Å². The van der Waals surface area contributed by atoms with Gasteiger partial charge in [0.1, 0.15) is 17.1 Å². The summed E-state index contributed by atoms with van der Waals surface area (Å²) in [6, 6.07) is 8.84. The van der Waals surface area contributed by atoms with Gasteiger partial charge in [0, 0.05) is 24.3 Å². The summed E-state index contributed by atoms with van der Waals surface area (Å²) in [5, 5.41) is 27.5. The third-order valence-corrected chi connectivity index (χ3v) is 5.84. The van der Waals surface area contributed by atoms with Crippen molar-refractivity contribution in [2.24, 2.45) is 0 Å². The molecule has 1 aliphatic heterocycles. The number of phenolic OH excluding ortho intramolecular Hbond substituents is 1. The van der Waals surface area contributed by atoms with Crippen molar-refractivity contribution in [2.45, 2.75) is 26.3 Å². The number of carbonyl (C=O) groups excluding carboxylic acids is 1. The Morgan fingerprint density at radius 3 is 2.56 bits per heavy atom. The molecule has 0 saturated heterocycles. The van der Waals surface area contributed by atoms with Gasteiger partial charge >= 0.3 is 0 Å². The van der Waals surface area contributed by atoms with Gasteiger partial charge in [-0.25, -0.2) is 0 Å². The summed E-state index contributed by atoms with van der Waals surface area (Å²) in [6.07, 6.45) is 0.442. The van der Waals surface area contributed by atoms with Crippen LogP contribution >= 0.6 is 0 Å². The van der Waals surface area contributed by atoms with E-state index in [9.17, 15) is 15.0 Å². The van der Waals surface area contributed by atoms with Gasteiger partial charge in [0.15, 0.2) is 11.5 Å². The summed E-state index contributed by atoms with van der Waals surface area (Å²) in [7, 11) is 3.13. The van der Waals surface area contributed by atoms with Crippen molar-refractivity contribution in [1.29, 1.82) is 0 Å². The lowest BCUT2D eigenvalue weighted by Crippen LogP contribution is -2.31. The van der Waals surface area contributed by atoms with Gasteiger partial charge in [-0.05, 0) is 55.2 Å². The van der Waals surface area contributed by atoms with Crippen LogP contribution in [-0.4, -0.2) is 58.6 Å². The molecule has 3 aromatic rings. The van der Waals surface area contributed by atoms with Crippen molar-refractivity contribution in [1.82, 2.24) is 15.1 Å². The number of H-pyrrole nitrogens is 1. The first-order chi connectivity index (χ1) is 15.4. The highest BCUT2D eigenvalue weighted by molar-refractivity contribution is 6.00. The largest absolute Gasteiger partial charge is 0.507 e. The van der Waals surface area contributed by atoms with Gasteiger partial charge in [-0.15, -0.1) is 0 Å². The number of aliphatic hydroxyl groups is 1. The zero-order chi connectivity index (χ0) is 23.0. The number of ether oxygens (including phenoxy) is 2. The summed E-state index contributed by atoms with van der Waals surface area (Å²) in [5.74, 6) is 1.07. The fourth-order valence-corrected chi connectivity index (χ4v) is 4.38. The maximum Gasteiger partial charge on any atom is 0.273 e. The Bertz CT molecular complexity index is 1170. The second-order valence-electron chi connectivity index (χ2n) is 7.93. The molecule has 4 rings (SSSR count). The first kappa shape index (κ1) is 21.7. The number of aromatic amines is 1. The number of aliphatic hydroxyl groups excluding tert-OH is 1. The minimum absolute atomic E-state index is 0.0284. The number of amides is 1. The number of aryl methyl sites for hydroxylation is 2. The van der Waals surface area contributed by atoms with E-state index in [1.165, 1.54) is 0 Å². The zero-order valence-electron chi connectivity index (χ0n) is 18.6. The van der Waals surface area contributed by atoms with E-state index < -0.39 is 6.04 Å². The Labute approximate surface area is 186 Å². The highest BCUT2D eigenvalue weighted by Crippen LogP contribution is 2.46. The molecule has 1 aromatic heterocycles. The summed E-state index contributed by atoms with van der Waals surface area (Å²) in [6.45, 7) is 4.13. The molecular formula is C24H27N3O5. The average molecular weight is 437 g/mol. The number of hydrogen-bond donors (Lipinski definition) is 3. The molecule has 2 heterocycles. The molecule has 1 aliphatic rings. The molecule has 0 saturated carbocycles. The summed E-state index contributed by atoms with van der Waals surface area (Å²) in [5.41, 5.74) is 4.72. The Morgan fingerprint density at radius 1 is 1.12 bits per heavy atom. The van der Waals surface area contributed by atoms with E-state index >= 15 is 0 Å². The molecule has 0 radical (unpaired) electrons. The van der Waals surface area contributed by atoms with E-state index in [1.807, 2.05) is 38.1 Å². The predicted molar refractivity (Wildman–Crippen MR) is 119 cm³/mol. The second-order valence-corrected chi connectivity index (χ2v) is 7.93. The minimum Gasteiger partial charge on any atom is -0.507 e. The first-order valence-corrected chi connectivity index (χ1v) is 10.4. The topological polar surface area (TPSA) is 108 Å². The molecule has 8 nitrogen and oxygen atoms in total. The van der Waals surface area contributed by atoms with Crippen LogP contribution in [0.25, 0.3) is 11.3 Å². The van der Waals surface area contributed by atoms with E-state index in [0.29, 0.717) is 47.0 Å². The maximum atomic E-state index is 13.3. The molecule has 1 unspecified atom stereocenters. The summed E-state index contributed by atoms with van der Waals surface area (Å²) < 4.78 is 10.8. The quantitative estimate of drug-likeness (QED) is 0.523. The maximum absolute atomic E-state index is 13.3. The van der Waals surface area contributed by atoms with Gasteiger partial charge < -0.3 is 24.6 Å². The van der Waals surface area contributed by atoms with Gasteiger partial charge in [0.2, 0.25) is 0 Å². The Balaban J connectivity index is 1.92. The SMILES string of the molecule is COc1ccc(C2c3c(-c4cc(C)cc(C)c4O)n[nH]c3C(=O)N2CCCO)cc1OC. The third kappa shape index (κ3) is 3.46. The summed E-state index contributed by atoms with van der Waals surface area (Å²) in [4.78, 5) is 15.0. The third-order valence-electron chi connectivity index (χ3n) is 5.84. The fourth-order valence-electron chi connectivity index (χ4n) is 4.38. The van der Waals surface area contributed by atoms with Crippen LogP contribution in [0, 0.1) is 13.8 Å². The molecule has 3 N–H and O–H groups in total. The fraction of sp³-hybridized carbons (Fsp3) is 0.333. The average Bonchev–Trinajstić information content (AvgIpc) is 3.33. The lowest BCUT2D eigenvalue weighted by atomic mass is 9.94. The molecule has 0 fully saturated rings. The van der Waals surface area contributed by atoms with Crippen molar-refractivity contribution in [3.63, 3.8) is 0 Å². The zero-order valence-corrected chi connectivity index (χ0v) is 18.6. The van der Waals surface area contributed by atoms with E-state index in [2.05, 4.69) is 10.2 Å². The van der Waals surface area contributed by atoms with Gasteiger partial charge in [0.25, 0.3) is 5.91 Å². The monoisotopic (exact) mass is 437 g/mol. The molecule has 0 spiro atoms. The standard InChI is InChI=1S/C24H27N3O5/c1-13-10-14(2)23(29)16(11-13)20-19-21(26-25-20)24(30)27(8-5-9-28)22(19)15-6-7-17(31-3)18(12-15)32-4/h6-7,10-12,22,28-29H,5,8-9H2,1-4H3,(H,25,26). The minimum atomic E-state index is -0.460. The number of carbonyl (C=O) groups is 1. The van der Waals surface area contributed by atoms with E-state index in [1.54, 1.807) is 25.2 Å². The number of aromatic nitrogens is 2. The van der Waals surface area contributed by atoms with Crippen LogP contribution in [0.2, 0.25) is 0 Å². The Hall–Kier alpha value is -3.52. The molecular weight excluding hydrogens is 410 g/mol. The van der Waals surface area contributed by atoms with E-state index in [4.69, 9.17) is 9.47 Å². The predicted octanol–water partition coefficient (Wildman–Crippen LogP) is 3.34. The number of hydrogen-bond acceptors (Lipinski definition) is 6. The Morgan fingerprint density at radius 2 is 1.88 bits per heavy atom. The number of fused-ring (bicyclic) bond motifs is 1. The van der Waals surface area contributed by atoms with E-state index in [-0.39, 0.29) is 18.3 Å². The number of nitrogens with one attached hydrogen (secondary N) is 1. The van der Waals surface area contributed by atoms with Crippen molar-refractivity contribution in [3.8, 4) is 28.5 Å². The van der Waals surface area contributed by atoms with Gasteiger partial charge in [-0.3, -0.25) is 9.89 Å². The van der Waals surface area contributed by atoms with Crippen LogP contribution in [0.15, 0.2) is 30.3 Å². The number of methoxy groups -OCH3 is 2. The molecule has 1 atom stereocenters. The van der Waals surface area contributed by atoms with Crippen LogP contribution in [0.3, 0.4) is 0 Å². The number of phenols is 1. The van der Waals surface area contributed by atoms with Crippen molar-refractivity contribution in [2.75, 3.05) is 27.4 Å². The van der Waals surface area contributed by atoms with Crippen LogP contribution in [0.4, 0.5) is 0 Å². The lowest BCUT2D eigenvalue weighted by molar-refractivity contribution is 0.0732. The highest BCUT2D eigenvalue weighted by Gasteiger charge is 2.42. The van der Waals surface area contributed by atoms with E-state index in [0.717, 1.165) is 16.7 Å². The molecule has 8 heteroatoms. The first-order valence-electron chi connectivity index (χ1n) is 10.4. The molecule has 168 valence electrons. The highest BCUT2D eigenvalue weighted by atomic mass is 16.5. The van der Waals surface area contributed by atoms with Crippen molar-refractivity contribution < 1.29 is 24.5 Å². The van der Waals surface area contributed by atoms with Gasteiger partial charge in [-0.2, -0.15) is 5.10 Å². The van der Waals surface area contributed by atoms with Crippen LogP contribution < -0.4 is 9.47 Å². The van der Waals surface area contributed by atoms with Crippen molar-refractivity contribution >= 4 is 5.91 Å². The second kappa shape index (κ2) is 8.55. The number of benzene rings is 2.